The van der Waals surface area contributed by atoms with E-state index in [2.05, 4.69) is 14.9 Å². The number of ether oxygens (including phenoxy) is 1. The van der Waals surface area contributed by atoms with Crippen LogP contribution in [0.1, 0.15) is 29.3 Å². The van der Waals surface area contributed by atoms with E-state index in [1.165, 1.54) is 0 Å². The molecule has 0 spiro atoms. The van der Waals surface area contributed by atoms with Crippen LogP contribution in [-0.2, 0) is 24.9 Å². The van der Waals surface area contributed by atoms with Crippen molar-refractivity contribution in [3.05, 3.63) is 41.6 Å². The molecule has 0 N–H and O–H groups in total. The number of methoxy groups -OCH3 is 1. The number of rotatable bonds is 4. The monoisotopic (exact) mass is 341 g/mol. The normalized spacial score (nSPS) is 20.1. The van der Waals surface area contributed by atoms with Crippen LogP contribution in [0.3, 0.4) is 0 Å². The standard InChI is InChI=1S/C18H23N5O2/c1-21-12-20-15-11-22(9-13-5-3-6-19-17(13)25-2)10-14(16(15)21)18(24)23-7-4-8-23/h3,5-6,12,14H,4,7-11H2,1-2H3/t14-/m0/s1. The zero-order chi connectivity index (χ0) is 17.4. The summed E-state index contributed by atoms with van der Waals surface area (Å²) < 4.78 is 7.37. The molecule has 0 aliphatic carbocycles. The lowest BCUT2D eigenvalue weighted by Gasteiger charge is -2.38. The summed E-state index contributed by atoms with van der Waals surface area (Å²) in [6, 6.07) is 3.93. The number of aromatic nitrogens is 3. The van der Waals surface area contributed by atoms with Gasteiger partial charge in [-0.2, -0.15) is 0 Å². The maximum absolute atomic E-state index is 12.9. The van der Waals surface area contributed by atoms with E-state index in [1.807, 2.05) is 35.0 Å². The molecule has 7 nitrogen and oxygen atoms in total. The van der Waals surface area contributed by atoms with Crippen molar-refractivity contribution in [3.8, 4) is 5.88 Å². The van der Waals surface area contributed by atoms with Gasteiger partial charge >= 0.3 is 0 Å². The van der Waals surface area contributed by atoms with Gasteiger partial charge in [-0.1, -0.05) is 6.07 Å². The van der Waals surface area contributed by atoms with E-state index in [0.29, 0.717) is 19.0 Å². The summed E-state index contributed by atoms with van der Waals surface area (Å²) in [6.45, 7) is 3.87. The highest BCUT2D eigenvalue weighted by Crippen LogP contribution is 2.31. The number of pyridine rings is 1. The Hall–Kier alpha value is -2.41. The van der Waals surface area contributed by atoms with E-state index in [0.717, 1.165) is 43.0 Å². The van der Waals surface area contributed by atoms with Crippen LogP contribution in [0.15, 0.2) is 24.7 Å². The molecule has 2 aromatic heterocycles. The van der Waals surface area contributed by atoms with Gasteiger partial charge in [-0.25, -0.2) is 9.97 Å². The van der Waals surface area contributed by atoms with Crippen LogP contribution in [-0.4, -0.2) is 57.0 Å². The van der Waals surface area contributed by atoms with Crippen LogP contribution in [0.5, 0.6) is 5.88 Å². The van der Waals surface area contributed by atoms with Crippen LogP contribution in [0, 0.1) is 0 Å². The van der Waals surface area contributed by atoms with Gasteiger partial charge in [0.05, 0.1) is 30.7 Å². The second-order valence-electron chi connectivity index (χ2n) is 6.76. The van der Waals surface area contributed by atoms with Crippen LogP contribution >= 0.6 is 0 Å². The van der Waals surface area contributed by atoms with Crippen molar-refractivity contribution in [2.75, 3.05) is 26.7 Å². The second kappa shape index (κ2) is 6.48. The van der Waals surface area contributed by atoms with Crippen molar-refractivity contribution in [2.24, 2.45) is 7.05 Å². The van der Waals surface area contributed by atoms with E-state index in [1.54, 1.807) is 13.3 Å². The van der Waals surface area contributed by atoms with Gasteiger partial charge in [-0.05, 0) is 12.5 Å². The molecule has 0 unspecified atom stereocenters. The summed E-state index contributed by atoms with van der Waals surface area (Å²) in [5, 5.41) is 0. The number of likely N-dealkylation sites (tertiary alicyclic amines) is 1. The number of hydrogen-bond donors (Lipinski definition) is 0. The lowest BCUT2D eigenvalue weighted by molar-refractivity contribution is -0.137. The number of amides is 1. The van der Waals surface area contributed by atoms with Gasteiger partial charge in [-0.3, -0.25) is 9.69 Å². The molecule has 4 heterocycles. The molecule has 4 rings (SSSR count). The van der Waals surface area contributed by atoms with Crippen LogP contribution < -0.4 is 4.74 Å². The molecule has 1 fully saturated rings. The van der Waals surface area contributed by atoms with E-state index in [9.17, 15) is 4.79 Å². The number of aryl methyl sites for hydroxylation is 1. The van der Waals surface area contributed by atoms with Crippen LogP contribution in [0.25, 0.3) is 0 Å². The average Bonchev–Trinajstić information content (AvgIpc) is 2.94. The van der Waals surface area contributed by atoms with E-state index in [-0.39, 0.29) is 11.8 Å². The summed E-state index contributed by atoms with van der Waals surface area (Å²) in [6.07, 6.45) is 4.65. The summed E-state index contributed by atoms with van der Waals surface area (Å²) >= 11 is 0. The van der Waals surface area contributed by atoms with Gasteiger partial charge < -0.3 is 14.2 Å². The number of fused-ring (bicyclic) bond motifs is 1. The van der Waals surface area contributed by atoms with E-state index >= 15 is 0 Å². The summed E-state index contributed by atoms with van der Waals surface area (Å²) in [5.74, 6) is 0.707. The number of carbonyl (C=O) groups excluding carboxylic acids is 1. The Kier molecular flexibility index (Phi) is 4.17. The van der Waals surface area contributed by atoms with Gasteiger partial charge in [0.2, 0.25) is 11.8 Å². The highest BCUT2D eigenvalue weighted by atomic mass is 16.5. The quantitative estimate of drug-likeness (QED) is 0.835. The van der Waals surface area contributed by atoms with Gasteiger partial charge in [0.15, 0.2) is 0 Å². The maximum Gasteiger partial charge on any atom is 0.233 e. The summed E-state index contributed by atoms with van der Waals surface area (Å²) in [7, 11) is 3.61. The molecule has 0 radical (unpaired) electrons. The molecule has 132 valence electrons. The molecule has 2 aliphatic rings. The number of carbonyl (C=O) groups is 1. The lowest BCUT2D eigenvalue weighted by atomic mass is 9.95. The largest absolute Gasteiger partial charge is 0.481 e. The first-order valence-electron chi connectivity index (χ1n) is 8.66. The molecule has 7 heteroatoms. The number of nitrogens with zero attached hydrogens (tertiary/aromatic N) is 5. The van der Waals surface area contributed by atoms with Crippen LogP contribution in [0.4, 0.5) is 0 Å². The third-order valence-electron chi connectivity index (χ3n) is 5.11. The summed E-state index contributed by atoms with van der Waals surface area (Å²) in [4.78, 5) is 26.0. The Balaban J connectivity index is 1.60. The molecule has 0 saturated carbocycles. The molecule has 1 saturated heterocycles. The minimum atomic E-state index is -0.154. The molecule has 0 aromatic carbocycles. The van der Waals surface area contributed by atoms with Crippen LogP contribution in [0.2, 0.25) is 0 Å². The van der Waals surface area contributed by atoms with Crippen molar-refractivity contribution in [1.29, 1.82) is 0 Å². The molecule has 2 aromatic rings. The minimum absolute atomic E-state index is 0.154. The van der Waals surface area contributed by atoms with Crippen molar-refractivity contribution >= 4 is 5.91 Å². The fourth-order valence-corrected chi connectivity index (χ4v) is 3.72. The zero-order valence-corrected chi connectivity index (χ0v) is 14.7. The topological polar surface area (TPSA) is 63.5 Å². The lowest BCUT2D eigenvalue weighted by Crippen LogP contribution is -2.48. The predicted molar refractivity (Wildman–Crippen MR) is 92.0 cm³/mol. The number of hydrogen-bond acceptors (Lipinski definition) is 5. The van der Waals surface area contributed by atoms with Gasteiger partial charge in [-0.15, -0.1) is 0 Å². The molecular weight excluding hydrogens is 318 g/mol. The fourth-order valence-electron chi connectivity index (χ4n) is 3.72. The molecule has 2 aliphatic heterocycles. The predicted octanol–water partition coefficient (Wildman–Crippen LogP) is 1.16. The number of imidazole rings is 1. The van der Waals surface area contributed by atoms with E-state index in [4.69, 9.17) is 4.74 Å². The van der Waals surface area contributed by atoms with Gasteiger partial charge in [0.1, 0.15) is 0 Å². The molecule has 1 amide bonds. The molecule has 25 heavy (non-hydrogen) atoms. The van der Waals surface area contributed by atoms with E-state index < -0.39 is 0 Å². The SMILES string of the molecule is COc1ncccc1CN1Cc2ncn(C)c2[C@@H](C(=O)N2CCC2)C1. The van der Waals surface area contributed by atoms with Crippen molar-refractivity contribution in [1.82, 2.24) is 24.3 Å². The molecule has 1 atom stereocenters. The maximum atomic E-state index is 12.9. The third kappa shape index (κ3) is 2.89. The van der Waals surface area contributed by atoms with Crippen molar-refractivity contribution in [3.63, 3.8) is 0 Å². The minimum Gasteiger partial charge on any atom is -0.481 e. The van der Waals surface area contributed by atoms with Crippen molar-refractivity contribution < 1.29 is 9.53 Å². The van der Waals surface area contributed by atoms with Crippen molar-refractivity contribution in [2.45, 2.75) is 25.4 Å². The second-order valence-corrected chi connectivity index (χ2v) is 6.76. The fraction of sp³-hybridized carbons (Fsp3) is 0.500. The Bertz CT molecular complexity index is 784. The first-order chi connectivity index (χ1) is 12.2. The summed E-state index contributed by atoms with van der Waals surface area (Å²) in [5.41, 5.74) is 3.08. The Morgan fingerprint density at radius 2 is 2.20 bits per heavy atom. The van der Waals surface area contributed by atoms with Gasteiger partial charge in [0, 0.05) is 51.5 Å². The average molecular weight is 341 g/mol. The highest BCUT2D eigenvalue weighted by Gasteiger charge is 2.37. The first kappa shape index (κ1) is 16.1. The Labute approximate surface area is 147 Å². The Morgan fingerprint density at radius 3 is 2.92 bits per heavy atom. The van der Waals surface area contributed by atoms with Gasteiger partial charge in [0.25, 0.3) is 0 Å². The smallest absolute Gasteiger partial charge is 0.233 e. The first-order valence-corrected chi connectivity index (χ1v) is 8.66. The highest BCUT2D eigenvalue weighted by molar-refractivity contribution is 5.84. The molecule has 0 bridgehead atoms. The zero-order valence-electron chi connectivity index (χ0n) is 14.7. The molecular formula is C18H23N5O2. The third-order valence-corrected chi connectivity index (χ3v) is 5.11. The Morgan fingerprint density at radius 1 is 1.36 bits per heavy atom.